The second-order valence-corrected chi connectivity index (χ2v) is 7.40. The monoisotopic (exact) mass is 304 g/mol. The van der Waals surface area contributed by atoms with Gasteiger partial charge in [-0.15, -0.1) is 0 Å². The Labute approximate surface area is 117 Å². The van der Waals surface area contributed by atoms with E-state index in [0.29, 0.717) is 6.54 Å². The fourth-order valence-corrected chi connectivity index (χ4v) is 3.08. The van der Waals surface area contributed by atoms with Crippen LogP contribution in [0.2, 0.25) is 0 Å². The van der Waals surface area contributed by atoms with Gasteiger partial charge in [0.25, 0.3) is 0 Å². The molecule has 1 saturated heterocycles. The normalized spacial score (nSPS) is 23.6. The second kappa shape index (κ2) is 5.29. The van der Waals surface area contributed by atoms with E-state index < -0.39 is 15.6 Å². The number of rotatable bonds is 4. The van der Waals surface area contributed by atoms with Gasteiger partial charge in [-0.25, -0.2) is 8.42 Å². The Bertz CT molecular complexity index is 575. The van der Waals surface area contributed by atoms with Crippen LogP contribution in [0.1, 0.15) is 13.3 Å². The maximum absolute atomic E-state index is 12.4. The van der Waals surface area contributed by atoms with Crippen molar-refractivity contribution in [3.8, 4) is 0 Å². The number of nitrogens with zero attached hydrogens (tertiary/aromatic N) is 1. The first-order chi connectivity index (χ1) is 9.28. The highest BCUT2D eigenvalue weighted by Gasteiger charge is 2.33. The fraction of sp³-hybridized carbons (Fsp3) is 0.538. The largest absolute Gasteiger partial charge is 0.371 e. The average molecular weight is 304 g/mol. The van der Waals surface area contributed by atoms with E-state index in [1.165, 1.54) is 12.1 Å². The van der Waals surface area contributed by atoms with Gasteiger partial charge in [-0.05, 0) is 42.6 Å². The summed E-state index contributed by atoms with van der Waals surface area (Å²) in [7, 11) is -4.52. The lowest BCUT2D eigenvalue weighted by Gasteiger charge is -2.24. The summed E-state index contributed by atoms with van der Waals surface area (Å²) in [6.45, 7) is 4.29. The van der Waals surface area contributed by atoms with Crippen molar-refractivity contribution >= 4 is 15.5 Å². The van der Waals surface area contributed by atoms with Gasteiger partial charge in [0.15, 0.2) is 0 Å². The summed E-state index contributed by atoms with van der Waals surface area (Å²) < 4.78 is 47.5. The van der Waals surface area contributed by atoms with E-state index in [2.05, 4.69) is 11.8 Å². The first-order valence-electron chi connectivity index (χ1n) is 6.36. The molecule has 20 heavy (non-hydrogen) atoms. The summed E-state index contributed by atoms with van der Waals surface area (Å²) in [5, 5.41) is 0. The van der Waals surface area contributed by atoms with E-state index in [9.17, 15) is 17.2 Å². The number of sulfone groups is 1. The van der Waals surface area contributed by atoms with Crippen molar-refractivity contribution in [3.05, 3.63) is 24.3 Å². The molecule has 1 atom stereocenters. The number of hydrogen-bond donors (Lipinski definition) is 1. The lowest BCUT2D eigenvalue weighted by Crippen LogP contribution is -2.31. The predicted molar refractivity (Wildman–Crippen MR) is 73.6 cm³/mol. The Balaban J connectivity index is 2.18. The highest BCUT2D eigenvalue weighted by Crippen LogP contribution is 2.32. The van der Waals surface area contributed by atoms with Crippen LogP contribution < -0.4 is 10.6 Å². The molecule has 1 aliphatic heterocycles. The number of nitrogens with two attached hydrogens (primary N) is 1. The molecule has 7 heteroatoms. The molecule has 0 amide bonds. The fourth-order valence-electron chi connectivity index (χ4n) is 2.36. The molecule has 1 aromatic rings. The van der Waals surface area contributed by atoms with Gasteiger partial charge in [0.2, 0.25) is 9.84 Å². The van der Waals surface area contributed by atoms with Crippen LogP contribution in [-0.4, -0.2) is 33.8 Å². The number of alkyl halides is 2. The van der Waals surface area contributed by atoms with Crippen LogP contribution in [0.4, 0.5) is 14.5 Å². The third kappa shape index (κ3) is 2.78. The topological polar surface area (TPSA) is 63.4 Å². The number of benzene rings is 1. The molecule has 0 radical (unpaired) electrons. The van der Waals surface area contributed by atoms with Crippen molar-refractivity contribution in [2.75, 3.05) is 24.5 Å². The van der Waals surface area contributed by atoms with Gasteiger partial charge in [-0.2, -0.15) is 8.78 Å². The van der Waals surface area contributed by atoms with E-state index in [0.717, 1.165) is 25.2 Å². The number of anilines is 1. The lowest BCUT2D eigenvalue weighted by molar-refractivity contribution is 0.234. The molecule has 1 aliphatic rings. The Morgan fingerprint density at radius 2 is 1.95 bits per heavy atom. The molecule has 0 saturated carbocycles. The predicted octanol–water partition coefficient (Wildman–Crippen LogP) is 1.86. The van der Waals surface area contributed by atoms with E-state index in [1.54, 1.807) is 12.1 Å². The molecule has 1 aromatic carbocycles. The first kappa shape index (κ1) is 15.2. The summed E-state index contributed by atoms with van der Waals surface area (Å²) >= 11 is 0. The SMILES string of the molecule is CC1(CN)CCN(c2ccc(S(=O)(=O)C(F)F)cc2)C1. The highest BCUT2D eigenvalue weighted by molar-refractivity contribution is 7.91. The van der Waals surface area contributed by atoms with Gasteiger partial charge in [0, 0.05) is 18.8 Å². The number of hydrogen-bond acceptors (Lipinski definition) is 4. The molecule has 112 valence electrons. The molecule has 0 bridgehead atoms. The Kier molecular flexibility index (Phi) is 4.02. The molecule has 4 nitrogen and oxygen atoms in total. The van der Waals surface area contributed by atoms with Crippen molar-refractivity contribution in [1.29, 1.82) is 0 Å². The molecular formula is C13H18F2N2O2S. The van der Waals surface area contributed by atoms with Crippen LogP contribution in [0.25, 0.3) is 0 Å². The van der Waals surface area contributed by atoms with Crippen LogP contribution in [0, 0.1) is 5.41 Å². The molecule has 1 heterocycles. The summed E-state index contributed by atoms with van der Waals surface area (Å²) in [4.78, 5) is 1.74. The minimum atomic E-state index is -4.52. The number of halogens is 2. The quantitative estimate of drug-likeness (QED) is 0.922. The van der Waals surface area contributed by atoms with Crippen LogP contribution >= 0.6 is 0 Å². The smallest absolute Gasteiger partial charge is 0.341 e. The van der Waals surface area contributed by atoms with Crippen molar-refractivity contribution in [3.63, 3.8) is 0 Å². The molecule has 1 unspecified atom stereocenters. The van der Waals surface area contributed by atoms with Crippen LogP contribution in [-0.2, 0) is 9.84 Å². The Morgan fingerprint density at radius 3 is 2.40 bits per heavy atom. The molecule has 2 N–H and O–H groups in total. The molecule has 0 aromatic heterocycles. The standard InChI is InChI=1S/C13H18F2N2O2S/c1-13(8-16)6-7-17(9-13)10-2-4-11(5-3-10)20(18,19)12(14)15/h2-5,12H,6-9,16H2,1H3. The summed E-state index contributed by atoms with van der Waals surface area (Å²) in [5.74, 6) is -3.39. The van der Waals surface area contributed by atoms with Crippen molar-refractivity contribution in [2.24, 2.45) is 11.1 Å². The van der Waals surface area contributed by atoms with E-state index >= 15 is 0 Å². The van der Waals surface area contributed by atoms with Crippen molar-refractivity contribution in [2.45, 2.75) is 24.0 Å². The average Bonchev–Trinajstić information content (AvgIpc) is 2.82. The minimum Gasteiger partial charge on any atom is -0.371 e. The third-order valence-electron chi connectivity index (χ3n) is 3.82. The lowest BCUT2D eigenvalue weighted by atomic mass is 9.90. The zero-order valence-corrected chi connectivity index (χ0v) is 12.0. The first-order valence-corrected chi connectivity index (χ1v) is 7.90. The van der Waals surface area contributed by atoms with Gasteiger partial charge in [0.05, 0.1) is 4.90 Å². The van der Waals surface area contributed by atoms with Gasteiger partial charge in [-0.3, -0.25) is 0 Å². The summed E-state index contributed by atoms with van der Waals surface area (Å²) in [6, 6.07) is 5.60. The van der Waals surface area contributed by atoms with Gasteiger partial charge >= 0.3 is 5.76 Å². The van der Waals surface area contributed by atoms with Gasteiger partial charge in [0.1, 0.15) is 0 Å². The van der Waals surface area contributed by atoms with Gasteiger partial charge < -0.3 is 10.6 Å². The Hall–Kier alpha value is -1.21. The van der Waals surface area contributed by atoms with Crippen molar-refractivity contribution in [1.82, 2.24) is 0 Å². The molecule has 0 spiro atoms. The second-order valence-electron chi connectivity index (χ2n) is 5.49. The van der Waals surface area contributed by atoms with Crippen LogP contribution in [0.3, 0.4) is 0 Å². The van der Waals surface area contributed by atoms with Crippen LogP contribution in [0.15, 0.2) is 29.2 Å². The van der Waals surface area contributed by atoms with Crippen molar-refractivity contribution < 1.29 is 17.2 Å². The maximum atomic E-state index is 12.4. The molecule has 0 aliphatic carbocycles. The van der Waals surface area contributed by atoms with E-state index in [1.807, 2.05) is 0 Å². The summed E-state index contributed by atoms with van der Waals surface area (Å²) in [6.07, 6.45) is 0.959. The molecular weight excluding hydrogens is 286 g/mol. The van der Waals surface area contributed by atoms with Gasteiger partial charge in [-0.1, -0.05) is 6.92 Å². The van der Waals surface area contributed by atoms with E-state index in [4.69, 9.17) is 5.73 Å². The van der Waals surface area contributed by atoms with E-state index in [-0.39, 0.29) is 10.3 Å². The zero-order chi connectivity index (χ0) is 15.0. The highest BCUT2D eigenvalue weighted by atomic mass is 32.2. The van der Waals surface area contributed by atoms with Crippen LogP contribution in [0.5, 0.6) is 0 Å². The third-order valence-corrected chi connectivity index (χ3v) is 5.21. The Morgan fingerprint density at radius 1 is 1.35 bits per heavy atom. The maximum Gasteiger partial charge on any atom is 0.341 e. The minimum absolute atomic E-state index is 0.0493. The molecule has 1 fully saturated rings. The molecule has 2 rings (SSSR count). The zero-order valence-electron chi connectivity index (χ0n) is 11.2. The summed E-state index contributed by atoms with van der Waals surface area (Å²) in [5.41, 5.74) is 6.61.